The summed E-state index contributed by atoms with van der Waals surface area (Å²) in [5, 5.41) is 2.22. The van der Waals surface area contributed by atoms with E-state index in [0.717, 1.165) is 16.3 Å². The van der Waals surface area contributed by atoms with Crippen LogP contribution in [0.1, 0.15) is 20.3 Å². The van der Waals surface area contributed by atoms with E-state index in [9.17, 15) is 14.4 Å². The number of para-hydroxylation sites is 2. The van der Waals surface area contributed by atoms with Crippen LogP contribution in [-0.4, -0.2) is 35.7 Å². The smallest absolute Gasteiger partial charge is 0.307 e. The number of hydrogen-bond donors (Lipinski definition) is 1. The molecule has 1 N–H and O–H groups in total. The van der Waals surface area contributed by atoms with E-state index in [1.807, 2.05) is 68.4 Å². The summed E-state index contributed by atoms with van der Waals surface area (Å²) in [7, 11) is 0. The Morgan fingerprint density at radius 2 is 1.79 bits per heavy atom. The van der Waals surface area contributed by atoms with Crippen molar-refractivity contribution in [3.63, 3.8) is 0 Å². The minimum atomic E-state index is -0.576. The van der Waals surface area contributed by atoms with Crippen molar-refractivity contribution in [2.75, 3.05) is 16.8 Å². The van der Waals surface area contributed by atoms with Crippen LogP contribution in [0.4, 0.5) is 11.4 Å². The van der Waals surface area contributed by atoms with Crippen LogP contribution < -0.4 is 10.2 Å². The summed E-state index contributed by atoms with van der Waals surface area (Å²) in [5.41, 5.74) is 1.49. The van der Waals surface area contributed by atoms with Crippen LogP contribution in [0.5, 0.6) is 0 Å². The highest BCUT2D eigenvalue weighted by molar-refractivity contribution is 8.01. The summed E-state index contributed by atoms with van der Waals surface area (Å²) in [6.07, 6.45) is -0.0921. The second-order valence-electron chi connectivity index (χ2n) is 6.65. The van der Waals surface area contributed by atoms with Gasteiger partial charge in [0.2, 0.25) is 5.91 Å². The maximum absolute atomic E-state index is 12.6. The van der Waals surface area contributed by atoms with Gasteiger partial charge in [0.25, 0.3) is 5.91 Å². The second-order valence-corrected chi connectivity index (χ2v) is 7.89. The molecule has 1 atom stereocenters. The van der Waals surface area contributed by atoms with E-state index in [1.54, 1.807) is 4.90 Å². The summed E-state index contributed by atoms with van der Waals surface area (Å²) in [6, 6.07) is 16.6. The molecule has 1 heterocycles. The van der Waals surface area contributed by atoms with Gasteiger partial charge in [0.1, 0.15) is 0 Å². The monoisotopic (exact) mass is 398 g/mol. The average molecular weight is 398 g/mol. The number of nitrogens with one attached hydrogen (secondary N) is 1. The number of fused-ring (bicyclic) bond motifs is 1. The largest absolute Gasteiger partial charge is 0.456 e. The van der Waals surface area contributed by atoms with Crippen molar-refractivity contribution in [3.05, 3.63) is 54.6 Å². The predicted molar refractivity (Wildman–Crippen MR) is 109 cm³/mol. The third-order valence-corrected chi connectivity index (χ3v) is 5.51. The number of nitrogens with zero attached hydrogens (tertiary/aromatic N) is 1. The first-order valence-corrected chi connectivity index (χ1v) is 9.93. The summed E-state index contributed by atoms with van der Waals surface area (Å²) < 4.78 is 5.17. The molecule has 0 fully saturated rings. The molecule has 2 amide bonds. The zero-order chi connectivity index (χ0) is 20.1. The molecule has 2 aromatic carbocycles. The quantitative estimate of drug-likeness (QED) is 0.754. The zero-order valence-corrected chi connectivity index (χ0v) is 16.6. The Balaban J connectivity index is 1.56. The Morgan fingerprint density at radius 1 is 1.11 bits per heavy atom. The van der Waals surface area contributed by atoms with Crippen molar-refractivity contribution in [2.45, 2.75) is 36.5 Å². The van der Waals surface area contributed by atoms with E-state index in [0.29, 0.717) is 0 Å². The molecule has 2 aromatic rings. The first-order chi connectivity index (χ1) is 13.5. The fourth-order valence-electron chi connectivity index (χ4n) is 2.97. The Kier molecular flexibility index (Phi) is 6.36. The van der Waals surface area contributed by atoms with Gasteiger partial charge in [-0.05, 0) is 38.1 Å². The van der Waals surface area contributed by atoms with Crippen LogP contribution in [0.2, 0.25) is 0 Å². The Hall–Kier alpha value is -2.80. The molecule has 0 saturated heterocycles. The van der Waals surface area contributed by atoms with Crippen molar-refractivity contribution in [1.29, 1.82) is 0 Å². The minimum absolute atomic E-state index is 0.0789. The molecular weight excluding hydrogens is 376 g/mol. The van der Waals surface area contributed by atoms with Crippen molar-refractivity contribution in [3.8, 4) is 0 Å². The summed E-state index contributed by atoms with van der Waals surface area (Å²) in [5.74, 6) is -1.11. The SMILES string of the molecule is CC(C)N(C(=O)COC(=O)CC1Sc2ccccc2NC1=O)c1ccccc1. The van der Waals surface area contributed by atoms with Crippen LogP contribution in [0.3, 0.4) is 0 Å². The molecule has 0 bridgehead atoms. The summed E-state index contributed by atoms with van der Waals surface area (Å²) >= 11 is 1.33. The number of hydrogen-bond acceptors (Lipinski definition) is 5. The van der Waals surface area contributed by atoms with Crippen LogP contribution >= 0.6 is 11.8 Å². The van der Waals surface area contributed by atoms with Gasteiger partial charge in [-0.3, -0.25) is 14.4 Å². The molecule has 146 valence electrons. The number of carbonyl (C=O) groups is 3. The first-order valence-electron chi connectivity index (χ1n) is 9.05. The predicted octanol–water partition coefficient (Wildman–Crippen LogP) is 3.47. The average Bonchev–Trinajstić information content (AvgIpc) is 2.67. The van der Waals surface area contributed by atoms with Crippen LogP contribution in [-0.2, 0) is 19.1 Å². The third-order valence-electron chi connectivity index (χ3n) is 4.23. The lowest BCUT2D eigenvalue weighted by Gasteiger charge is -2.27. The first kappa shape index (κ1) is 19.9. The third kappa shape index (κ3) is 4.72. The number of ether oxygens (including phenoxy) is 1. The van der Waals surface area contributed by atoms with E-state index in [4.69, 9.17) is 4.74 Å². The minimum Gasteiger partial charge on any atom is -0.456 e. The van der Waals surface area contributed by atoms with Crippen molar-refractivity contribution >= 4 is 40.9 Å². The van der Waals surface area contributed by atoms with Gasteiger partial charge in [0, 0.05) is 16.6 Å². The van der Waals surface area contributed by atoms with Gasteiger partial charge in [-0.2, -0.15) is 0 Å². The molecular formula is C21H22N2O4S. The number of benzene rings is 2. The Labute approximate surface area is 168 Å². The normalized spacial score (nSPS) is 15.5. The number of thioether (sulfide) groups is 1. The van der Waals surface area contributed by atoms with Gasteiger partial charge in [-0.1, -0.05) is 30.3 Å². The molecule has 3 rings (SSSR count). The number of esters is 1. The number of amides is 2. The lowest BCUT2D eigenvalue weighted by Crippen LogP contribution is -2.40. The molecule has 0 spiro atoms. The lowest BCUT2D eigenvalue weighted by atomic mass is 10.2. The Morgan fingerprint density at radius 3 is 2.50 bits per heavy atom. The van der Waals surface area contributed by atoms with Gasteiger partial charge in [-0.15, -0.1) is 11.8 Å². The summed E-state index contributed by atoms with van der Waals surface area (Å²) in [6.45, 7) is 3.43. The highest BCUT2D eigenvalue weighted by atomic mass is 32.2. The topological polar surface area (TPSA) is 75.7 Å². The van der Waals surface area contributed by atoms with Gasteiger partial charge in [-0.25, -0.2) is 0 Å². The number of rotatable bonds is 6. The molecule has 0 aliphatic carbocycles. The number of anilines is 2. The van der Waals surface area contributed by atoms with E-state index in [1.165, 1.54) is 11.8 Å². The van der Waals surface area contributed by atoms with Crippen LogP contribution in [0.15, 0.2) is 59.5 Å². The van der Waals surface area contributed by atoms with Gasteiger partial charge >= 0.3 is 5.97 Å². The molecule has 1 aliphatic rings. The number of carbonyl (C=O) groups excluding carboxylic acids is 3. The second kappa shape index (κ2) is 8.93. The highest BCUT2D eigenvalue weighted by Gasteiger charge is 2.30. The van der Waals surface area contributed by atoms with E-state index in [2.05, 4.69) is 5.32 Å². The van der Waals surface area contributed by atoms with Crippen LogP contribution in [0, 0.1) is 0 Å². The van der Waals surface area contributed by atoms with Gasteiger partial charge in [0.05, 0.1) is 17.4 Å². The standard InChI is InChI=1S/C21H22N2O4S/c1-14(2)23(15-8-4-3-5-9-15)19(24)13-27-20(25)12-18-21(26)22-16-10-6-7-11-17(16)28-18/h3-11,14,18H,12-13H2,1-2H3,(H,22,26). The van der Waals surface area contributed by atoms with E-state index >= 15 is 0 Å². The zero-order valence-electron chi connectivity index (χ0n) is 15.8. The van der Waals surface area contributed by atoms with Crippen molar-refractivity contribution in [1.82, 2.24) is 0 Å². The van der Waals surface area contributed by atoms with E-state index < -0.39 is 11.2 Å². The molecule has 7 heteroatoms. The van der Waals surface area contributed by atoms with Crippen molar-refractivity contribution in [2.24, 2.45) is 0 Å². The van der Waals surface area contributed by atoms with Gasteiger partial charge in [0.15, 0.2) is 6.61 Å². The van der Waals surface area contributed by atoms with Crippen molar-refractivity contribution < 1.29 is 19.1 Å². The highest BCUT2D eigenvalue weighted by Crippen LogP contribution is 2.36. The molecule has 0 aromatic heterocycles. The fraction of sp³-hybridized carbons (Fsp3) is 0.286. The molecule has 28 heavy (non-hydrogen) atoms. The molecule has 1 unspecified atom stereocenters. The fourth-order valence-corrected chi connectivity index (χ4v) is 4.06. The Bertz CT molecular complexity index is 870. The maximum atomic E-state index is 12.6. The molecule has 6 nitrogen and oxygen atoms in total. The van der Waals surface area contributed by atoms with Gasteiger partial charge < -0.3 is 15.0 Å². The molecule has 0 saturated carbocycles. The molecule has 1 aliphatic heterocycles. The van der Waals surface area contributed by atoms with Crippen LogP contribution in [0.25, 0.3) is 0 Å². The maximum Gasteiger partial charge on any atom is 0.307 e. The lowest BCUT2D eigenvalue weighted by molar-refractivity contribution is -0.148. The van der Waals surface area contributed by atoms with E-state index in [-0.39, 0.29) is 30.9 Å². The summed E-state index contributed by atoms with van der Waals surface area (Å²) in [4.78, 5) is 39.5. The molecule has 0 radical (unpaired) electrons.